The molecule has 1 aromatic carbocycles. The number of hydrogen-bond acceptors (Lipinski definition) is 4. The third-order valence-corrected chi connectivity index (χ3v) is 2.17. The van der Waals surface area contributed by atoms with Crippen molar-refractivity contribution in [1.82, 2.24) is 4.90 Å². The molecule has 0 atom stereocenters. The summed E-state index contributed by atoms with van der Waals surface area (Å²) in [4.78, 5) is 34.1. The van der Waals surface area contributed by atoms with E-state index in [-0.39, 0.29) is 25.5 Å². The lowest BCUT2D eigenvalue weighted by Crippen LogP contribution is -2.36. The molecule has 0 saturated heterocycles. The van der Waals surface area contributed by atoms with Gasteiger partial charge in [-0.05, 0) is 12.5 Å². The number of ether oxygens (including phenoxy) is 1. The number of carbonyl (C=O) groups excluding carboxylic acids is 3. The average molecular weight is 249 g/mol. The second-order valence-electron chi connectivity index (χ2n) is 3.79. The normalized spacial score (nSPS) is 9.61. The van der Waals surface area contributed by atoms with Gasteiger partial charge in [0.15, 0.2) is 0 Å². The Morgan fingerprint density at radius 2 is 1.94 bits per heavy atom. The molecule has 0 unspecified atom stereocenters. The van der Waals surface area contributed by atoms with Crippen molar-refractivity contribution in [3.63, 3.8) is 0 Å². The van der Waals surface area contributed by atoms with E-state index in [4.69, 9.17) is 4.74 Å². The van der Waals surface area contributed by atoms with E-state index in [0.717, 1.165) is 10.5 Å². The SMILES string of the molecule is CC(=O)CN(CC=O)C(=O)OCc1ccccc1. The van der Waals surface area contributed by atoms with Crippen LogP contribution in [0.15, 0.2) is 30.3 Å². The van der Waals surface area contributed by atoms with Crippen LogP contribution >= 0.6 is 0 Å². The van der Waals surface area contributed by atoms with Crippen LogP contribution < -0.4 is 0 Å². The maximum Gasteiger partial charge on any atom is 0.410 e. The van der Waals surface area contributed by atoms with E-state index in [1.165, 1.54) is 6.92 Å². The van der Waals surface area contributed by atoms with Gasteiger partial charge in [0.2, 0.25) is 0 Å². The quantitative estimate of drug-likeness (QED) is 0.715. The van der Waals surface area contributed by atoms with Crippen LogP contribution in [-0.2, 0) is 20.9 Å². The van der Waals surface area contributed by atoms with Gasteiger partial charge in [0.1, 0.15) is 18.7 Å². The summed E-state index contributed by atoms with van der Waals surface area (Å²) in [6, 6.07) is 9.17. The highest BCUT2D eigenvalue weighted by molar-refractivity contribution is 5.83. The van der Waals surface area contributed by atoms with Gasteiger partial charge in [-0.15, -0.1) is 0 Å². The second-order valence-corrected chi connectivity index (χ2v) is 3.79. The highest BCUT2D eigenvalue weighted by atomic mass is 16.6. The summed E-state index contributed by atoms with van der Waals surface area (Å²) < 4.78 is 5.02. The van der Waals surface area contributed by atoms with Crippen molar-refractivity contribution in [3.05, 3.63) is 35.9 Å². The lowest BCUT2D eigenvalue weighted by molar-refractivity contribution is -0.118. The van der Waals surface area contributed by atoms with Crippen molar-refractivity contribution < 1.29 is 19.1 Å². The molecule has 0 aromatic heterocycles. The molecule has 0 aliphatic rings. The van der Waals surface area contributed by atoms with Crippen molar-refractivity contribution in [2.45, 2.75) is 13.5 Å². The maximum atomic E-state index is 11.6. The van der Waals surface area contributed by atoms with Gasteiger partial charge in [-0.3, -0.25) is 9.69 Å². The molecule has 0 N–H and O–H groups in total. The molecule has 0 aliphatic carbocycles. The minimum absolute atomic E-state index is 0.118. The molecule has 0 aliphatic heterocycles. The highest BCUT2D eigenvalue weighted by Crippen LogP contribution is 2.03. The number of carbonyl (C=O) groups is 3. The Hall–Kier alpha value is -2.17. The van der Waals surface area contributed by atoms with Gasteiger partial charge in [0.05, 0.1) is 13.1 Å². The molecular formula is C13H15NO4. The van der Waals surface area contributed by atoms with E-state index in [9.17, 15) is 14.4 Å². The molecule has 96 valence electrons. The van der Waals surface area contributed by atoms with Crippen molar-refractivity contribution in [2.24, 2.45) is 0 Å². The summed E-state index contributed by atoms with van der Waals surface area (Å²) in [5.74, 6) is -0.200. The van der Waals surface area contributed by atoms with E-state index < -0.39 is 6.09 Å². The van der Waals surface area contributed by atoms with Crippen LogP contribution in [0.4, 0.5) is 4.79 Å². The number of ketones is 1. The van der Waals surface area contributed by atoms with Gasteiger partial charge >= 0.3 is 6.09 Å². The van der Waals surface area contributed by atoms with Crippen LogP contribution in [-0.4, -0.2) is 36.2 Å². The molecular weight excluding hydrogens is 234 g/mol. The largest absolute Gasteiger partial charge is 0.445 e. The predicted octanol–water partition coefficient (Wildman–Crippen LogP) is 1.41. The molecule has 1 aromatic rings. The topological polar surface area (TPSA) is 63.7 Å². The zero-order valence-electron chi connectivity index (χ0n) is 10.2. The summed E-state index contributed by atoms with van der Waals surface area (Å²) >= 11 is 0. The zero-order chi connectivity index (χ0) is 13.4. The first-order chi connectivity index (χ1) is 8.63. The molecule has 18 heavy (non-hydrogen) atoms. The molecule has 0 fully saturated rings. The van der Waals surface area contributed by atoms with E-state index in [1.54, 1.807) is 0 Å². The Balaban J connectivity index is 2.51. The predicted molar refractivity (Wildman–Crippen MR) is 64.9 cm³/mol. The third kappa shape index (κ3) is 4.78. The summed E-state index contributed by atoms with van der Waals surface area (Å²) in [6.07, 6.45) is -0.103. The molecule has 1 rings (SSSR count). The number of aldehydes is 1. The summed E-state index contributed by atoms with van der Waals surface area (Å²) in [7, 11) is 0. The fourth-order valence-corrected chi connectivity index (χ4v) is 1.37. The highest BCUT2D eigenvalue weighted by Gasteiger charge is 2.16. The fraction of sp³-hybridized carbons (Fsp3) is 0.308. The second kappa shape index (κ2) is 7.21. The number of rotatable bonds is 6. The number of nitrogens with zero attached hydrogens (tertiary/aromatic N) is 1. The Morgan fingerprint density at radius 1 is 1.28 bits per heavy atom. The molecule has 5 heteroatoms. The monoisotopic (exact) mass is 249 g/mol. The number of hydrogen-bond donors (Lipinski definition) is 0. The smallest absolute Gasteiger partial charge is 0.410 e. The number of amides is 1. The van der Waals surface area contributed by atoms with Gasteiger partial charge < -0.3 is 9.53 Å². The first-order valence-electron chi connectivity index (χ1n) is 5.52. The first kappa shape index (κ1) is 13.9. The molecule has 5 nitrogen and oxygen atoms in total. The lowest BCUT2D eigenvalue weighted by atomic mass is 10.2. The molecule has 0 spiro atoms. The maximum absolute atomic E-state index is 11.6. The van der Waals surface area contributed by atoms with Gasteiger partial charge in [0.25, 0.3) is 0 Å². The van der Waals surface area contributed by atoms with Crippen LogP contribution in [0.5, 0.6) is 0 Å². The summed E-state index contributed by atoms with van der Waals surface area (Å²) in [6.45, 7) is 1.20. The minimum Gasteiger partial charge on any atom is -0.445 e. The zero-order valence-corrected chi connectivity index (χ0v) is 10.2. The van der Waals surface area contributed by atoms with Crippen molar-refractivity contribution in [1.29, 1.82) is 0 Å². The molecule has 0 saturated carbocycles. The Kier molecular flexibility index (Phi) is 5.57. The van der Waals surface area contributed by atoms with Crippen molar-refractivity contribution >= 4 is 18.2 Å². The van der Waals surface area contributed by atoms with Crippen LogP contribution in [0, 0.1) is 0 Å². The van der Waals surface area contributed by atoms with Crippen molar-refractivity contribution in [3.8, 4) is 0 Å². The van der Waals surface area contributed by atoms with Crippen molar-refractivity contribution in [2.75, 3.05) is 13.1 Å². The first-order valence-corrected chi connectivity index (χ1v) is 5.52. The average Bonchev–Trinajstić information content (AvgIpc) is 2.36. The van der Waals surface area contributed by atoms with Gasteiger partial charge in [0, 0.05) is 0 Å². The standard InChI is InChI=1S/C13H15NO4/c1-11(16)9-14(7-8-15)13(17)18-10-12-5-3-2-4-6-12/h2-6,8H,7,9-10H2,1H3. The summed E-state index contributed by atoms with van der Waals surface area (Å²) in [5.41, 5.74) is 0.847. The van der Waals surface area contributed by atoms with Gasteiger partial charge in [-0.2, -0.15) is 0 Å². The fourth-order valence-electron chi connectivity index (χ4n) is 1.37. The van der Waals surface area contributed by atoms with E-state index >= 15 is 0 Å². The van der Waals surface area contributed by atoms with Crippen LogP contribution in [0.2, 0.25) is 0 Å². The molecule has 0 heterocycles. The van der Waals surface area contributed by atoms with Crippen LogP contribution in [0.1, 0.15) is 12.5 Å². The van der Waals surface area contributed by atoms with Gasteiger partial charge in [-0.25, -0.2) is 4.79 Å². The lowest BCUT2D eigenvalue weighted by Gasteiger charge is -2.18. The van der Waals surface area contributed by atoms with Gasteiger partial charge in [-0.1, -0.05) is 30.3 Å². The van der Waals surface area contributed by atoms with Crippen LogP contribution in [0.25, 0.3) is 0 Å². The van der Waals surface area contributed by atoms with Crippen LogP contribution in [0.3, 0.4) is 0 Å². The number of Topliss-reactive ketones (excluding diaryl/α,β-unsaturated/α-hetero) is 1. The molecule has 1 amide bonds. The third-order valence-electron chi connectivity index (χ3n) is 2.17. The summed E-state index contributed by atoms with van der Waals surface area (Å²) in [5, 5.41) is 0. The molecule has 0 radical (unpaired) electrons. The Labute approximate surface area is 105 Å². The minimum atomic E-state index is -0.666. The molecule has 0 bridgehead atoms. The number of benzene rings is 1. The Morgan fingerprint density at radius 3 is 2.50 bits per heavy atom. The van der Waals surface area contributed by atoms with E-state index in [0.29, 0.717) is 6.29 Å². The van der Waals surface area contributed by atoms with E-state index in [2.05, 4.69) is 0 Å². The van der Waals surface area contributed by atoms with E-state index in [1.807, 2.05) is 30.3 Å². The Bertz CT molecular complexity index is 416.